The summed E-state index contributed by atoms with van der Waals surface area (Å²) >= 11 is 5.76. The van der Waals surface area contributed by atoms with Gasteiger partial charge in [-0.25, -0.2) is 0 Å². The van der Waals surface area contributed by atoms with Crippen molar-refractivity contribution in [2.24, 2.45) is 0 Å². The number of nitrogens with zero attached hydrogens (tertiary/aromatic N) is 3. The van der Waals surface area contributed by atoms with Gasteiger partial charge in [-0.15, -0.1) is 10.2 Å². The van der Waals surface area contributed by atoms with Crippen LogP contribution in [0.25, 0.3) is 11.5 Å². The van der Waals surface area contributed by atoms with E-state index in [1.165, 1.54) is 12.1 Å². The number of hydrogen-bond acceptors (Lipinski definition) is 6. The van der Waals surface area contributed by atoms with E-state index in [1.54, 1.807) is 6.07 Å². The van der Waals surface area contributed by atoms with Gasteiger partial charge in [0, 0.05) is 17.5 Å². The first-order chi connectivity index (χ1) is 9.61. The van der Waals surface area contributed by atoms with Crippen molar-refractivity contribution in [3.05, 3.63) is 39.2 Å². The highest BCUT2D eigenvalue weighted by atomic mass is 35.5. The van der Waals surface area contributed by atoms with Crippen molar-refractivity contribution in [3.63, 3.8) is 0 Å². The molecule has 106 valence electrons. The second-order valence-electron chi connectivity index (χ2n) is 4.13. The van der Waals surface area contributed by atoms with Gasteiger partial charge in [-0.05, 0) is 32.1 Å². The summed E-state index contributed by atoms with van der Waals surface area (Å²) in [5, 5.41) is 22.1. The quantitative estimate of drug-likeness (QED) is 0.500. The number of nitro benzene ring substituents is 1. The SMILES string of the molecule is CNCCCc1nnc(-c2ccc(Cl)cc2[N+](=O)[O-])o1. The zero-order chi connectivity index (χ0) is 14.5. The monoisotopic (exact) mass is 296 g/mol. The molecule has 0 unspecified atom stereocenters. The van der Waals surface area contributed by atoms with Crippen molar-refractivity contribution in [2.45, 2.75) is 12.8 Å². The zero-order valence-corrected chi connectivity index (χ0v) is 11.6. The largest absolute Gasteiger partial charge is 0.420 e. The minimum absolute atomic E-state index is 0.132. The number of nitrogens with one attached hydrogen (secondary N) is 1. The van der Waals surface area contributed by atoms with E-state index in [0.717, 1.165) is 13.0 Å². The summed E-state index contributed by atoms with van der Waals surface area (Å²) < 4.78 is 5.45. The van der Waals surface area contributed by atoms with Crippen molar-refractivity contribution >= 4 is 17.3 Å². The van der Waals surface area contributed by atoms with E-state index < -0.39 is 4.92 Å². The van der Waals surface area contributed by atoms with Crippen LogP contribution in [0.2, 0.25) is 5.02 Å². The molecule has 0 fully saturated rings. The number of benzene rings is 1. The van der Waals surface area contributed by atoms with Gasteiger partial charge in [0.1, 0.15) is 5.56 Å². The Hall–Kier alpha value is -1.99. The number of aryl methyl sites for hydroxylation is 1. The van der Waals surface area contributed by atoms with Gasteiger partial charge in [0.05, 0.1) is 4.92 Å². The minimum Gasteiger partial charge on any atom is -0.420 e. The maximum absolute atomic E-state index is 11.0. The molecule has 7 nitrogen and oxygen atoms in total. The molecule has 0 spiro atoms. The first kappa shape index (κ1) is 14.4. The van der Waals surface area contributed by atoms with Crippen LogP contribution >= 0.6 is 11.6 Å². The molecule has 1 N–H and O–H groups in total. The van der Waals surface area contributed by atoms with E-state index in [4.69, 9.17) is 16.0 Å². The van der Waals surface area contributed by atoms with Gasteiger partial charge in [0.25, 0.3) is 11.6 Å². The van der Waals surface area contributed by atoms with Gasteiger partial charge in [-0.2, -0.15) is 0 Å². The molecule has 1 aromatic heterocycles. The van der Waals surface area contributed by atoms with Crippen LogP contribution in [0, 0.1) is 10.1 Å². The molecule has 0 atom stereocenters. The third kappa shape index (κ3) is 3.31. The third-order valence-corrected chi connectivity index (χ3v) is 2.91. The van der Waals surface area contributed by atoms with Crippen LogP contribution in [-0.2, 0) is 6.42 Å². The second kappa shape index (κ2) is 6.44. The lowest BCUT2D eigenvalue weighted by Gasteiger charge is -1.98. The fourth-order valence-electron chi connectivity index (χ4n) is 1.72. The summed E-state index contributed by atoms with van der Waals surface area (Å²) in [6.07, 6.45) is 1.47. The van der Waals surface area contributed by atoms with Crippen LogP contribution in [0.15, 0.2) is 22.6 Å². The summed E-state index contributed by atoms with van der Waals surface area (Å²) in [5.41, 5.74) is 0.120. The molecule has 20 heavy (non-hydrogen) atoms. The fourth-order valence-corrected chi connectivity index (χ4v) is 1.88. The fraction of sp³-hybridized carbons (Fsp3) is 0.333. The lowest BCUT2D eigenvalue weighted by molar-refractivity contribution is -0.384. The van der Waals surface area contributed by atoms with E-state index in [2.05, 4.69) is 15.5 Å². The lowest BCUT2D eigenvalue weighted by Crippen LogP contribution is -2.08. The first-order valence-electron chi connectivity index (χ1n) is 6.03. The van der Waals surface area contributed by atoms with Crippen LogP contribution in [0.4, 0.5) is 5.69 Å². The molecule has 0 bridgehead atoms. The maximum atomic E-state index is 11.0. The van der Waals surface area contributed by atoms with Gasteiger partial charge >= 0.3 is 0 Å². The molecule has 0 aliphatic rings. The Balaban J connectivity index is 2.25. The van der Waals surface area contributed by atoms with Gasteiger partial charge in [-0.3, -0.25) is 10.1 Å². The predicted molar refractivity (Wildman–Crippen MR) is 73.6 cm³/mol. The Kier molecular flexibility index (Phi) is 4.65. The van der Waals surface area contributed by atoms with E-state index in [0.29, 0.717) is 12.3 Å². The first-order valence-corrected chi connectivity index (χ1v) is 6.41. The van der Waals surface area contributed by atoms with Crippen LogP contribution in [0.1, 0.15) is 12.3 Å². The topological polar surface area (TPSA) is 94.1 Å². The summed E-state index contributed by atoms with van der Waals surface area (Å²) in [4.78, 5) is 10.5. The molecule has 2 aromatic rings. The summed E-state index contributed by atoms with van der Waals surface area (Å²) in [7, 11) is 1.86. The van der Waals surface area contributed by atoms with E-state index in [9.17, 15) is 10.1 Å². The number of nitro groups is 1. The van der Waals surface area contributed by atoms with Crippen molar-refractivity contribution in [3.8, 4) is 11.5 Å². The molecule has 0 saturated carbocycles. The maximum Gasteiger partial charge on any atom is 0.283 e. The smallest absolute Gasteiger partial charge is 0.283 e. The Bertz CT molecular complexity index is 614. The highest BCUT2D eigenvalue weighted by molar-refractivity contribution is 6.30. The van der Waals surface area contributed by atoms with E-state index in [1.807, 2.05) is 7.05 Å². The van der Waals surface area contributed by atoms with Crippen LogP contribution < -0.4 is 5.32 Å². The summed E-state index contributed by atoms with van der Waals surface area (Å²) in [5.74, 6) is 0.590. The third-order valence-electron chi connectivity index (χ3n) is 2.67. The molecule has 1 aromatic carbocycles. The lowest BCUT2D eigenvalue weighted by atomic mass is 10.2. The molecular weight excluding hydrogens is 284 g/mol. The highest BCUT2D eigenvalue weighted by Crippen LogP contribution is 2.31. The van der Waals surface area contributed by atoms with Gasteiger partial charge in [0.2, 0.25) is 5.89 Å². The van der Waals surface area contributed by atoms with Gasteiger partial charge < -0.3 is 9.73 Å². The molecular formula is C12H13ClN4O3. The van der Waals surface area contributed by atoms with Crippen molar-refractivity contribution < 1.29 is 9.34 Å². The minimum atomic E-state index is -0.522. The number of hydrogen-bond donors (Lipinski definition) is 1. The van der Waals surface area contributed by atoms with Crippen LogP contribution in [-0.4, -0.2) is 28.7 Å². The Morgan fingerprint density at radius 1 is 1.45 bits per heavy atom. The molecule has 8 heteroatoms. The average molecular weight is 297 g/mol. The molecule has 0 aliphatic carbocycles. The molecule has 0 saturated heterocycles. The molecule has 0 radical (unpaired) electrons. The summed E-state index contributed by atoms with van der Waals surface area (Å²) in [6, 6.07) is 4.32. The zero-order valence-electron chi connectivity index (χ0n) is 10.8. The second-order valence-corrected chi connectivity index (χ2v) is 4.56. The average Bonchev–Trinajstić information content (AvgIpc) is 2.87. The van der Waals surface area contributed by atoms with Crippen molar-refractivity contribution in [1.82, 2.24) is 15.5 Å². The molecule has 2 rings (SSSR count). The molecule has 0 amide bonds. The number of rotatable bonds is 6. The molecule has 0 aliphatic heterocycles. The predicted octanol–water partition coefficient (Wildman–Crippen LogP) is 2.45. The Morgan fingerprint density at radius 3 is 2.95 bits per heavy atom. The normalized spacial score (nSPS) is 10.7. The molecule has 1 heterocycles. The standard InChI is InChI=1S/C12H13ClN4O3/c1-14-6-2-3-11-15-16-12(20-11)9-5-4-8(13)7-10(9)17(18)19/h4-5,7,14H,2-3,6H2,1H3. The van der Waals surface area contributed by atoms with Crippen LogP contribution in [0.5, 0.6) is 0 Å². The highest BCUT2D eigenvalue weighted by Gasteiger charge is 2.20. The summed E-state index contributed by atoms with van der Waals surface area (Å²) in [6.45, 7) is 0.832. The van der Waals surface area contributed by atoms with E-state index >= 15 is 0 Å². The Labute approximate surface area is 120 Å². The van der Waals surface area contributed by atoms with Crippen molar-refractivity contribution in [2.75, 3.05) is 13.6 Å². The van der Waals surface area contributed by atoms with Crippen molar-refractivity contribution in [1.29, 1.82) is 0 Å². The van der Waals surface area contributed by atoms with E-state index in [-0.39, 0.29) is 22.2 Å². The van der Waals surface area contributed by atoms with Gasteiger partial charge in [-0.1, -0.05) is 11.6 Å². The van der Waals surface area contributed by atoms with Crippen LogP contribution in [0.3, 0.4) is 0 Å². The van der Waals surface area contributed by atoms with Gasteiger partial charge in [0.15, 0.2) is 0 Å². The number of aromatic nitrogens is 2. The number of halogens is 1. The Morgan fingerprint density at radius 2 is 2.25 bits per heavy atom.